The van der Waals surface area contributed by atoms with Gasteiger partial charge in [-0.2, -0.15) is 0 Å². The zero-order chi connectivity index (χ0) is 28.0. The summed E-state index contributed by atoms with van der Waals surface area (Å²) in [7, 11) is -0.436. The van der Waals surface area contributed by atoms with Gasteiger partial charge in [0.1, 0.15) is 0 Å². The van der Waals surface area contributed by atoms with E-state index in [9.17, 15) is 0 Å². The van der Waals surface area contributed by atoms with Gasteiger partial charge in [-0.05, 0) is 67.5 Å². The van der Waals surface area contributed by atoms with Crippen LogP contribution in [0.1, 0.15) is 49.9 Å². The molecule has 1 aromatic heterocycles. The van der Waals surface area contributed by atoms with E-state index >= 15 is 0 Å². The van der Waals surface area contributed by atoms with Crippen LogP contribution in [0.2, 0.25) is 0 Å². The van der Waals surface area contributed by atoms with Crippen LogP contribution in [0, 0.1) is 0 Å². The molecule has 6 aromatic rings. The summed E-state index contributed by atoms with van der Waals surface area (Å²) in [6.45, 7) is 8.44. The van der Waals surface area contributed by atoms with Crippen LogP contribution in [0.5, 0.6) is 0 Å². The summed E-state index contributed by atoms with van der Waals surface area (Å²) in [6.07, 6.45) is 0. The normalized spacial score (nSPS) is 20.4. The Morgan fingerprint density at radius 2 is 1.17 bits per heavy atom. The largest absolute Gasteiger partial charge is 0.494 e. The molecular formula is C37H32BNO2. The number of benzene rings is 5. The highest BCUT2D eigenvalue weighted by atomic mass is 16.7. The van der Waals surface area contributed by atoms with Gasteiger partial charge < -0.3 is 13.9 Å². The van der Waals surface area contributed by atoms with Crippen LogP contribution >= 0.6 is 0 Å². The number of nitrogens with zero attached hydrogens (tertiary/aromatic N) is 1. The second-order valence-corrected chi connectivity index (χ2v) is 12.4. The number of hydrogen-bond donors (Lipinski definition) is 0. The molecule has 2 aliphatic heterocycles. The standard InChI is InChI=1S/C37H32BNO2/c1-35(2)36(3,4)41-38(40-35)27-17-12-16-26(24-27)37(25-14-6-5-7-15-25)30-20-9-11-23-33(30)39-32-22-10-8-18-28(32)29-19-13-21-31(37)34(29)39/h5-24H,1-4H3. The Hall–Kier alpha value is -4.12. The van der Waals surface area contributed by atoms with Crippen molar-refractivity contribution < 1.29 is 9.31 Å². The van der Waals surface area contributed by atoms with Crippen LogP contribution in [0.15, 0.2) is 121 Å². The fourth-order valence-electron chi connectivity index (χ4n) is 7.08. The van der Waals surface area contributed by atoms with Gasteiger partial charge in [-0.3, -0.25) is 0 Å². The minimum Gasteiger partial charge on any atom is -0.399 e. The Morgan fingerprint density at radius 1 is 0.561 bits per heavy atom. The van der Waals surface area contributed by atoms with E-state index in [1.165, 1.54) is 49.7 Å². The van der Waals surface area contributed by atoms with E-state index in [1.807, 2.05) is 0 Å². The highest BCUT2D eigenvalue weighted by Gasteiger charge is 2.52. The second kappa shape index (κ2) is 8.45. The number of fused-ring (bicyclic) bond motifs is 5. The molecule has 0 N–H and O–H groups in total. The lowest BCUT2D eigenvalue weighted by Crippen LogP contribution is -2.41. The highest BCUT2D eigenvalue weighted by Crippen LogP contribution is 2.54. The van der Waals surface area contributed by atoms with Crippen molar-refractivity contribution in [3.8, 4) is 5.69 Å². The molecule has 0 radical (unpaired) electrons. The maximum absolute atomic E-state index is 6.53. The van der Waals surface area contributed by atoms with Crippen molar-refractivity contribution in [2.75, 3.05) is 0 Å². The Bertz CT molecular complexity index is 1960. The fourth-order valence-corrected chi connectivity index (χ4v) is 7.08. The molecule has 0 aliphatic carbocycles. The van der Waals surface area contributed by atoms with Crippen molar-refractivity contribution >= 4 is 34.4 Å². The van der Waals surface area contributed by atoms with Crippen molar-refractivity contribution in [2.24, 2.45) is 0 Å². The van der Waals surface area contributed by atoms with Crippen molar-refractivity contribution in [1.29, 1.82) is 0 Å². The molecule has 41 heavy (non-hydrogen) atoms. The highest BCUT2D eigenvalue weighted by molar-refractivity contribution is 6.62. The average Bonchev–Trinajstić information content (AvgIpc) is 3.44. The smallest absolute Gasteiger partial charge is 0.399 e. The van der Waals surface area contributed by atoms with Crippen molar-refractivity contribution in [3.63, 3.8) is 0 Å². The molecule has 200 valence electrons. The average molecular weight is 533 g/mol. The molecule has 1 atom stereocenters. The molecule has 0 bridgehead atoms. The number of hydrogen-bond acceptors (Lipinski definition) is 2. The monoisotopic (exact) mass is 533 g/mol. The maximum atomic E-state index is 6.53. The van der Waals surface area contributed by atoms with Crippen molar-refractivity contribution in [2.45, 2.75) is 44.3 Å². The van der Waals surface area contributed by atoms with E-state index in [2.05, 4.69) is 154 Å². The van der Waals surface area contributed by atoms with Gasteiger partial charge in [0.15, 0.2) is 0 Å². The van der Waals surface area contributed by atoms with Gasteiger partial charge in [-0.1, -0.05) is 109 Å². The number of rotatable bonds is 3. The number of para-hydroxylation sites is 3. The predicted molar refractivity (Wildman–Crippen MR) is 168 cm³/mol. The van der Waals surface area contributed by atoms with E-state index in [0.29, 0.717) is 0 Å². The molecule has 3 heterocycles. The minimum atomic E-state index is -0.540. The fraction of sp³-hybridized carbons (Fsp3) is 0.189. The summed E-state index contributed by atoms with van der Waals surface area (Å²) in [6, 6.07) is 44.3. The summed E-state index contributed by atoms with van der Waals surface area (Å²) < 4.78 is 15.5. The van der Waals surface area contributed by atoms with Crippen LogP contribution in [-0.2, 0) is 14.7 Å². The molecular weight excluding hydrogens is 501 g/mol. The van der Waals surface area contributed by atoms with Gasteiger partial charge in [-0.15, -0.1) is 0 Å². The molecule has 0 saturated carbocycles. The molecule has 0 spiro atoms. The summed E-state index contributed by atoms with van der Waals surface area (Å²) in [5, 5.41) is 2.55. The molecule has 8 rings (SSSR count). The predicted octanol–water partition coefficient (Wildman–Crippen LogP) is 7.78. The van der Waals surface area contributed by atoms with E-state index in [4.69, 9.17) is 9.31 Å². The third-order valence-electron chi connectivity index (χ3n) is 9.70. The molecule has 0 amide bonds. The Kier molecular flexibility index (Phi) is 5.08. The molecule has 2 aliphatic rings. The van der Waals surface area contributed by atoms with E-state index in [0.717, 1.165) is 5.46 Å². The summed E-state index contributed by atoms with van der Waals surface area (Å²) in [4.78, 5) is 0. The molecule has 4 heteroatoms. The lowest BCUT2D eigenvalue weighted by Gasteiger charge is -2.42. The van der Waals surface area contributed by atoms with Gasteiger partial charge in [0.2, 0.25) is 0 Å². The third-order valence-corrected chi connectivity index (χ3v) is 9.70. The lowest BCUT2D eigenvalue weighted by molar-refractivity contribution is 0.00578. The van der Waals surface area contributed by atoms with Gasteiger partial charge in [-0.25, -0.2) is 0 Å². The van der Waals surface area contributed by atoms with Crippen LogP contribution in [0.4, 0.5) is 0 Å². The molecule has 1 unspecified atom stereocenters. The van der Waals surface area contributed by atoms with Crippen LogP contribution in [0.25, 0.3) is 27.5 Å². The van der Waals surface area contributed by atoms with Gasteiger partial charge in [0, 0.05) is 10.8 Å². The molecule has 1 saturated heterocycles. The van der Waals surface area contributed by atoms with Crippen LogP contribution < -0.4 is 5.46 Å². The Labute approximate surface area is 241 Å². The van der Waals surface area contributed by atoms with Gasteiger partial charge in [0.25, 0.3) is 0 Å². The first kappa shape index (κ1) is 24.7. The van der Waals surface area contributed by atoms with Gasteiger partial charge >= 0.3 is 7.12 Å². The van der Waals surface area contributed by atoms with Crippen LogP contribution in [0.3, 0.4) is 0 Å². The van der Waals surface area contributed by atoms with E-state index in [1.54, 1.807) is 0 Å². The summed E-state index contributed by atoms with van der Waals surface area (Å²) in [5.41, 5.74) is 8.36. The molecule has 5 aromatic carbocycles. The minimum absolute atomic E-state index is 0.408. The Balaban J connectivity index is 1.49. The molecule has 3 nitrogen and oxygen atoms in total. The van der Waals surface area contributed by atoms with Gasteiger partial charge in [0.05, 0.1) is 33.3 Å². The first-order valence-corrected chi connectivity index (χ1v) is 14.5. The van der Waals surface area contributed by atoms with E-state index < -0.39 is 23.7 Å². The first-order chi connectivity index (χ1) is 19.8. The maximum Gasteiger partial charge on any atom is 0.494 e. The van der Waals surface area contributed by atoms with Crippen LogP contribution in [-0.4, -0.2) is 22.9 Å². The lowest BCUT2D eigenvalue weighted by atomic mass is 9.62. The van der Waals surface area contributed by atoms with Crippen molar-refractivity contribution in [3.05, 3.63) is 144 Å². The SMILES string of the molecule is CC1(C)OB(c2cccc(C3(c4ccccc4)c4ccccc4-n4c5ccccc5c5cccc3c54)c2)OC1(C)C. The zero-order valence-electron chi connectivity index (χ0n) is 23.9. The Morgan fingerprint density at radius 3 is 1.98 bits per heavy atom. The zero-order valence-corrected chi connectivity index (χ0v) is 23.9. The third kappa shape index (κ3) is 3.23. The molecule has 1 fully saturated rings. The van der Waals surface area contributed by atoms with Crippen molar-refractivity contribution in [1.82, 2.24) is 4.57 Å². The summed E-state index contributed by atoms with van der Waals surface area (Å²) in [5.74, 6) is 0. The van der Waals surface area contributed by atoms with E-state index in [-0.39, 0.29) is 0 Å². The first-order valence-electron chi connectivity index (χ1n) is 14.5. The number of aromatic nitrogens is 1. The summed E-state index contributed by atoms with van der Waals surface area (Å²) >= 11 is 0. The topological polar surface area (TPSA) is 23.4 Å². The quantitative estimate of drug-likeness (QED) is 0.217. The second-order valence-electron chi connectivity index (χ2n) is 12.4.